The van der Waals surface area contributed by atoms with Crippen LogP contribution in [0.2, 0.25) is 0 Å². The second-order valence-corrected chi connectivity index (χ2v) is 5.55. The first-order chi connectivity index (χ1) is 9.54. The van der Waals surface area contributed by atoms with Crippen LogP contribution in [0.3, 0.4) is 0 Å². The third-order valence-corrected chi connectivity index (χ3v) is 3.92. The first kappa shape index (κ1) is 13.7. The average Bonchev–Trinajstić information content (AvgIpc) is 3.12. The number of nitrogens with zero attached hydrogens (tertiary/aromatic N) is 2. The van der Waals surface area contributed by atoms with Crippen LogP contribution in [-0.2, 0) is 6.18 Å². The molecule has 0 bridgehead atoms. The molecular formula is C14H18F3N3. The molecule has 2 aliphatic rings. The van der Waals surface area contributed by atoms with E-state index in [0.717, 1.165) is 32.0 Å². The Labute approximate surface area is 116 Å². The number of pyridine rings is 1. The minimum absolute atomic E-state index is 0.256. The van der Waals surface area contributed by atoms with Crippen LogP contribution in [0.5, 0.6) is 0 Å². The van der Waals surface area contributed by atoms with Crippen molar-refractivity contribution in [2.75, 3.05) is 18.0 Å². The Hall–Kier alpha value is -1.30. The van der Waals surface area contributed by atoms with Crippen molar-refractivity contribution in [2.45, 2.75) is 43.9 Å². The first-order valence-electron chi connectivity index (χ1n) is 7.08. The lowest BCUT2D eigenvalue weighted by atomic mass is 10.2. The Balaban J connectivity index is 1.73. The van der Waals surface area contributed by atoms with Crippen molar-refractivity contribution in [1.82, 2.24) is 10.3 Å². The van der Waals surface area contributed by atoms with Crippen molar-refractivity contribution < 1.29 is 13.2 Å². The van der Waals surface area contributed by atoms with Gasteiger partial charge in [0.15, 0.2) is 0 Å². The van der Waals surface area contributed by atoms with Crippen LogP contribution in [0.1, 0.15) is 31.4 Å². The van der Waals surface area contributed by atoms with Gasteiger partial charge in [0.25, 0.3) is 0 Å². The second-order valence-electron chi connectivity index (χ2n) is 5.55. The van der Waals surface area contributed by atoms with Gasteiger partial charge in [0.2, 0.25) is 0 Å². The molecule has 2 heterocycles. The zero-order chi connectivity index (χ0) is 14.2. The molecule has 1 saturated carbocycles. The number of hydrogen-bond acceptors (Lipinski definition) is 3. The highest BCUT2D eigenvalue weighted by molar-refractivity contribution is 5.42. The van der Waals surface area contributed by atoms with Crippen LogP contribution in [-0.4, -0.2) is 30.2 Å². The lowest BCUT2D eigenvalue weighted by Crippen LogP contribution is -2.39. The summed E-state index contributed by atoms with van der Waals surface area (Å²) in [6.07, 6.45) is 0.0765. The van der Waals surface area contributed by atoms with Gasteiger partial charge in [0, 0.05) is 25.2 Å². The molecule has 20 heavy (non-hydrogen) atoms. The maximum absolute atomic E-state index is 12.7. The summed E-state index contributed by atoms with van der Waals surface area (Å²) in [5.41, 5.74) is -0.809. The van der Waals surface area contributed by atoms with Gasteiger partial charge in [-0.1, -0.05) is 6.07 Å². The molecule has 0 spiro atoms. The van der Waals surface area contributed by atoms with E-state index in [0.29, 0.717) is 11.9 Å². The highest BCUT2D eigenvalue weighted by atomic mass is 19.4. The topological polar surface area (TPSA) is 28.2 Å². The maximum atomic E-state index is 12.7. The van der Waals surface area contributed by atoms with Crippen molar-refractivity contribution in [3.8, 4) is 0 Å². The SMILES string of the molecule is FC(F)(F)c1cccc(N2CCCC2CNC2CC2)n1. The molecule has 3 rings (SSSR count). The van der Waals surface area contributed by atoms with Crippen LogP contribution < -0.4 is 10.2 Å². The molecule has 3 nitrogen and oxygen atoms in total. The lowest BCUT2D eigenvalue weighted by Gasteiger charge is -2.26. The molecular weight excluding hydrogens is 267 g/mol. The van der Waals surface area contributed by atoms with E-state index in [9.17, 15) is 13.2 Å². The third-order valence-electron chi connectivity index (χ3n) is 3.92. The number of alkyl halides is 3. The molecule has 1 atom stereocenters. The molecule has 6 heteroatoms. The summed E-state index contributed by atoms with van der Waals surface area (Å²) in [5, 5.41) is 3.45. The normalized spacial score (nSPS) is 23.4. The zero-order valence-electron chi connectivity index (χ0n) is 11.2. The van der Waals surface area contributed by atoms with Crippen molar-refractivity contribution in [1.29, 1.82) is 0 Å². The summed E-state index contributed by atoms with van der Waals surface area (Å²) in [6, 6.07) is 5.01. The van der Waals surface area contributed by atoms with Crippen LogP contribution in [0.25, 0.3) is 0 Å². The Bertz CT molecular complexity index is 471. The number of nitrogens with one attached hydrogen (secondary N) is 1. The minimum atomic E-state index is -4.38. The highest BCUT2D eigenvalue weighted by Crippen LogP contribution is 2.31. The predicted molar refractivity (Wildman–Crippen MR) is 70.6 cm³/mol. The van der Waals surface area contributed by atoms with Gasteiger partial charge in [-0.05, 0) is 37.8 Å². The number of rotatable bonds is 4. The van der Waals surface area contributed by atoms with E-state index < -0.39 is 11.9 Å². The Kier molecular flexibility index (Phi) is 3.58. The van der Waals surface area contributed by atoms with E-state index in [-0.39, 0.29) is 6.04 Å². The fourth-order valence-electron chi connectivity index (χ4n) is 2.68. The molecule has 2 fully saturated rings. The first-order valence-corrected chi connectivity index (χ1v) is 7.08. The van der Waals surface area contributed by atoms with Crippen LogP contribution in [0.4, 0.5) is 19.0 Å². The van der Waals surface area contributed by atoms with Crippen molar-refractivity contribution in [2.24, 2.45) is 0 Å². The zero-order valence-corrected chi connectivity index (χ0v) is 11.2. The van der Waals surface area contributed by atoms with Crippen LogP contribution in [0.15, 0.2) is 18.2 Å². The Morgan fingerprint density at radius 1 is 1.25 bits per heavy atom. The summed E-state index contributed by atoms with van der Waals surface area (Å²) < 4.78 is 38.2. The fraction of sp³-hybridized carbons (Fsp3) is 0.643. The summed E-state index contributed by atoms with van der Waals surface area (Å²) in [7, 11) is 0. The van der Waals surface area contributed by atoms with Gasteiger partial charge in [-0.15, -0.1) is 0 Å². The highest BCUT2D eigenvalue weighted by Gasteiger charge is 2.34. The largest absolute Gasteiger partial charge is 0.433 e. The van der Waals surface area contributed by atoms with Gasteiger partial charge in [-0.2, -0.15) is 13.2 Å². The van der Waals surface area contributed by atoms with Crippen molar-refractivity contribution >= 4 is 5.82 Å². The monoisotopic (exact) mass is 285 g/mol. The quantitative estimate of drug-likeness (QED) is 0.922. The fourth-order valence-corrected chi connectivity index (χ4v) is 2.68. The summed E-state index contributed by atoms with van der Waals surface area (Å²) in [4.78, 5) is 5.80. The van der Waals surface area contributed by atoms with Crippen LogP contribution in [0, 0.1) is 0 Å². The molecule has 0 radical (unpaired) electrons. The molecule has 1 aliphatic carbocycles. The standard InChI is InChI=1S/C14H18F3N3/c15-14(16,17)12-4-1-5-13(19-12)20-8-2-3-11(20)9-18-10-6-7-10/h1,4-5,10-11,18H,2-3,6-9H2. The van der Waals surface area contributed by atoms with Gasteiger partial charge in [-0.25, -0.2) is 4.98 Å². The van der Waals surface area contributed by atoms with E-state index in [1.54, 1.807) is 6.07 Å². The molecule has 1 aromatic rings. The van der Waals surface area contributed by atoms with E-state index in [1.807, 2.05) is 4.90 Å². The van der Waals surface area contributed by atoms with E-state index in [2.05, 4.69) is 10.3 Å². The van der Waals surface area contributed by atoms with Gasteiger partial charge in [0.05, 0.1) is 0 Å². The Morgan fingerprint density at radius 3 is 2.75 bits per heavy atom. The van der Waals surface area contributed by atoms with Gasteiger partial charge < -0.3 is 10.2 Å². The summed E-state index contributed by atoms with van der Waals surface area (Å²) in [5.74, 6) is 0.444. The Morgan fingerprint density at radius 2 is 2.05 bits per heavy atom. The van der Waals surface area contributed by atoms with Crippen LogP contribution >= 0.6 is 0 Å². The van der Waals surface area contributed by atoms with Gasteiger partial charge in [0.1, 0.15) is 11.5 Å². The lowest BCUT2D eigenvalue weighted by molar-refractivity contribution is -0.141. The van der Waals surface area contributed by atoms with Gasteiger partial charge >= 0.3 is 6.18 Å². The summed E-state index contributed by atoms with van der Waals surface area (Å²) >= 11 is 0. The molecule has 1 N–H and O–H groups in total. The van der Waals surface area contributed by atoms with Crippen molar-refractivity contribution in [3.63, 3.8) is 0 Å². The van der Waals surface area contributed by atoms with E-state index in [1.165, 1.54) is 18.9 Å². The maximum Gasteiger partial charge on any atom is 0.433 e. The second kappa shape index (κ2) is 5.24. The number of halogens is 3. The minimum Gasteiger partial charge on any atom is -0.352 e. The third kappa shape index (κ3) is 3.06. The molecule has 110 valence electrons. The molecule has 1 saturated heterocycles. The smallest absolute Gasteiger partial charge is 0.352 e. The van der Waals surface area contributed by atoms with Crippen molar-refractivity contribution in [3.05, 3.63) is 23.9 Å². The molecule has 0 aromatic carbocycles. The van der Waals surface area contributed by atoms with Gasteiger partial charge in [-0.3, -0.25) is 0 Å². The predicted octanol–water partition coefficient (Wildman–Crippen LogP) is 2.82. The average molecular weight is 285 g/mol. The number of hydrogen-bond donors (Lipinski definition) is 1. The molecule has 1 unspecified atom stereocenters. The molecule has 0 amide bonds. The molecule has 1 aliphatic heterocycles. The number of aromatic nitrogens is 1. The number of anilines is 1. The van der Waals surface area contributed by atoms with E-state index in [4.69, 9.17) is 0 Å². The molecule has 1 aromatic heterocycles. The summed E-state index contributed by atoms with van der Waals surface area (Å²) in [6.45, 7) is 1.62. The van der Waals surface area contributed by atoms with E-state index >= 15 is 0 Å².